The number of fused-ring (bicyclic) bond motifs is 1. The van der Waals surface area contributed by atoms with Crippen LogP contribution in [0.4, 0.5) is 5.82 Å². The minimum atomic E-state index is 0.0806. The molecule has 1 aromatic heterocycles. The topological polar surface area (TPSA) is 68.0 Å². The van der Waals surface area contributed by atoms with E-state index < -0.39 is 0 Å². The van der Waals surface area contributed by atoms with Crippen LogP contribution in [0.25, 0.3) is 21.9 Å². The summed E-state index contributed by atoms with van der Waals surface area (Å²) < 4.78 is 0. The molecule has 24 heavy (non-hydrogen) atoms. The first-order valence-electron chi connectivity index (χ1n) is 8.23. The van der Waals surface area contributed by atoms with Crippen LogP contribution in [0, 0.1) is 5.92 Å². The van der Waals surface area contributed by atoms with Gasteiger partial charge in [0.2, 0.25) is 5.91 Å². The highest BCUT2D eigenvalue weighted by Crippen LogP contribution is 2.30. The van der Waals surface area contributed by atoms with Crippen molar-refractivity contribution in [2.45, 2.75) is 19.4 Å². The van der Waals surface area contributed by atoms with E-state index >= 15 is 0 Å². The molecule has 0 saturated heterocycles. The number of benzene rings is 2. The number of hydrogen-bond acceptors (Lipinski definition) is 3. The fourth-order valence-corrected chi connectivity index (χ4v) is 2.84. The molecule has 0 bridgehead atoms. The molecule has 0 spiro atoms. The lowest BCUT2D eigenvalue weighted by molar-refractivity contribution is -0.117. The van der Waals surface area contributed by atoms with Crippen molar-refractivity contribution in [1.29, 1.82) is 0 Å². The van der Waals surface area contributed by atoms with E-state index in [1.807, 2.05) is 24.4 Å². The predicted molar refractivity (Wildman–Crippen MR) is 96.4 cm³/mol. The number of carbonyl (C=O) groups is 1. The summed E-state index contributed by atoms with van der Waals surface area (Å²) in [4.78, 5) is 16.2. The standard InChI is InChI=1S/C20H19N3O/c21-11-13-2-1-3-15(8-13)16-6-7-17-10-19(22-12-18(17)9-16)23-20(24)14-4-5-14/h1-3,6-10,12,14H,4-5,11,21H2,(H,22,23,24). The number of hydrogen-bond donors (Lipinski definition) is 2. The molecule has 3 aromatic rings. The van der Waals surface area contributed by atoms with Crippen LogP contribution in [-0.2, 0) is 11.3 Å². The Morgan fingerprint density at radius 1 is 1.08 bits per heavy atom. The largest absolute Gasteiger partial charge is 0.326 e. The van der Waals surface area contributed by atoms with Crippen LogP contribution >= 0.6 is 0 Å². The Balaban J connectivity index is 1.64. The zero-order valence-electron chi connectivity index (χ0n) is 13.3. The molecule has 1 aliphatic carbocycles. The lowest BCUT2D eigenvalue weighted by atomic mass is 10.0. The van der Waals surface area contributed by atoms with Gasteiger partial charge in [-0.2, -0.15) is 0 Å². The van der Waals surface area contributed by atoms with Gasteiger partial charge in [-0.3, -0.25) is 4.79 Å². The SMILES string of the molecule is NCc1cccc(-c2ccc3cc(NC(=O)C4CC4)ncc3c2)c1. The Morgan fingerprint density at radius 2 is 1.92 bits per heavy atom. The summed E-state index contributed by atoms with van der Waals surface area (Å²) in [5.74, 6) is 0.883. The molecule has 1 heterocycles. The highest BCUT2D eigenvalue weighted by Gasteiger charge is 2.29. The molecular weight excluding hydrogens is 298 g/mol. The molecule has 2 aromatic carbocycles. The maximum Gasteiger partial charge on any atom is 0.228 e. The molecule has 1 fully saturated rings. The van der Waals surface area contributed by atoms with Crippen LogP contribution in [0.1, 0.15) is 18.4 Å². The predicted octanol–water partition coefficient (Wildman–Crippen LogP) is 3.71. The second-order valence-corrected chi connectivity index (χ2v) is 6.30. The first-order chi connectivity index (χ1) is 11.7. The monoisotopic (exact) mass is 317 g/mol. The van der Waals surface area contributed by atoms with Crippen molar-refractivity contribution < 1.29 is 4.79 Å². The molecule has 1 aliphatic rings. The molecule has 4 heteroatoms. The molecule has 0 aliphatic heterocycles. The van der Waals surface area contributed by atoms with Crippen molar-refractivity contribution in [2.24, 2.45) is 11.7 Å². The van der Waals surface area contributed by atoms with Gasteiger partial charge in [0.25, 0.3) is 0 Å². The smallest absolute Gasteiger partial charge is 0.228 e. The van der Waals surface area contributed by atoms with Gasteiger partial charge in [-0.15, -0.1) is 0 Å². The van der Waals surface area contributed by atoms with Gasteiger partial charge in [0.15, 0.2) is 0 Å². The number of carbonyl (C=O) groups excluding carboxylic acids is 1. The van der Waals surface area contributed by atoms with Crippen LogP contribution in [0.5, 0.6) is 0 Å². The first-order valence-corrected chi connectivity index (χ1v) is 8.23. The minimum Gasteiger partial charge on any atom is -0.326 e. The lowest BCUT2D eigenvalue weighted by Gasteiger charge is -2.08. The van der Waals surface area contributed by atoms with Crippen LogP contribution in [0.15, 0.2) is 54.7 Å². The summed E-state index contributed by atoms with van der Waals surface area (Å²) in [6, 6.07) is 16.4. The molecule has 120 valence electrons. The first kappa shape index (κ1) is 14.8. The van der Waals surface area contributed by atoms with E-state index in [1.54, 1.807) is 0 Å². The van der Waals surface area contributed by atoms with Gasteiger partial charge in [-0.05, 0) is 53.1 Å². The Morgan fingerprint density at radius 3 is 2.71 bits per heavy atom. The third-order valence-electron chi connectivity index (χ3n) is 4.42. The molecule has 3 N–H and O–H groups in total. The zero-order chi connectivity index (χ0) is 16.5. The van der Waals surface area contributed by atoms with E-state index in [0.717, 1.165) is 40.3 Å². The molecule has 0 unspecified atom stereocenters. The molecule has 0 atom stereocenters. The fraction of sp³-hybridized carbons (Fsp3) is 0.200. The van der Waals surface area contributed by atoms with Gasteiger partial charge < -0.3 is 11.1 Å². The normalized spacial score (nSPS) is 13.9. The van der Waals surface area contributed by atoms with Crippen molar-refractivity contribution in [3.63, 3.8) is 0 Å². The minimum absolute atomic E-state index is 0.0806. The van der Waals surface area contributed by atoms with Crippen molar-refractivity contribution in [3.8, 4) is 11.1 Å². The third-order valence-corrected chi connectivity index (χ3v) is 4.42. The molecule has 1 saturated carbocycles. The summed E-state index contributed by atoms with van der Waals surface area (Å²) in [6.45, 7) is 0.535. The molecule has 4 rings (SSSR count). The summed E-state index contributed by atoms with van der Waals surface area (Å²) >= 11 is 0. The number of nitrogens with zero attached hydrogens (tertiary/aromatic N) is 1. The highest BCUT2D eigenvalue weighted by molar-refractivity contribution is 5.95. The number of aromatic nitrogens is 1. The lowest BCUT2D eigenvalue weighted by Crippen LogP contribution is -2.14. The number of anilines is 1. The van der Waals surface area contributed by atoms with Crippen LogP contribution < -0.4 is 11.1 Å². The Bertz CT molecular complexity index is 916. The molecule has 0 radical (unpaired) electrons. The van der Waals surface area contributed by atoms with Gasteiger partial charge in [-0.1, -0.05) is 30.3 Å². The van der Waals surface area contributed by atoms with E-state index in [2.05, 4.69) is 40.6 Å². The van der Waals surface area contributed by atoms with Gasteiger partial charge in [0.05, 0.1) is 0 Å². The second-order valence-electron chi connectivity index (χ2n) is 6.30. The number of nitrogens with two attached hydrogens (primary N) is 1. The number of nitrogens with one attached hydrogen (secondary N) is 1. The Labute approximate surface area is 140 Å². The fourth-order valence-electron chi connectivity index (χ4n) is 2.84. The zero-order valence-corrected chi connectivity index (χ0v) is 13.3. The maximum atomic E-state index is 11.8. The summed E-state index contributed by atoms with van der Waals surface area (Å²) in [6.07, 6.45) is 3.80. The summed E-state index contributed by atoms with van der Waals surface area (Å²) in [7, 11) is 0. The van der Waals surface area contributed by atoms with Crippen molar-refractivity contribution in [2.75, 3.05) is 5.32 Å². The maximum absolute atomic E-state index is 11.8. The average Bonchev–Trinajstić information content (AvgIpc) is 3.46. The Hall–Kier alpha value is -2.72. The molecule has 4 nitrogen and oxygen atoms in total. The quantitative estimate of drug-likeness (QED) is 0.771. The molecular formula is C20H19N3O. The van der Waals surface area contributed by atoms with Crippen molar-refractivity contribution in [3.05, 3.63) is 60.3 Å². The van der Waals surface area contributed by atoms with Crippen LogP contribution in [-0.4, -0.2) is 10.9 Å². The van der Waals surface area contributed by atoms with E-state index in [0.29, 0.717) is 12.4 Å². The summed E-state index contributed by atoms with van der Waals surface area (Å²) in [5.41, 5.74) is 9.12. The van der Waals surface area contributed by atoms with E-state index in [9.17, 15) is 4.79 Å². The summed E-state index contributed by atoms with van der Waals surface area (Å²) in [5, 5.41) is 5.01. The molecule has 1 amide bonds. The highest BCUT2D eigenvalue weighted by atomic mass is 16.2. The second kappa shape index (κ2) is 6.06. The van der Waals surface area contributed by atoms with Crippen LogP contribution in [0.2, 0.25) is 0 Å². The van der Waals surface area contributed by atoms with E-state index in [1.165, 1.54) is 0 Å². The number of rotatable bonds is 4. The van der Waals surface area contributed by atoms with Crippen LogP contribution in [0.3, 0.4) is 0 Å². The third kappa shape index (κ3) is 3.01. The van der Waals surface area contributed by atoms with Gasteiger partial charge in [0.1, 0.15) is 5.82 Å². The van der Waals surface area contributed by atoms with Gasteiger partial charge in [0, 0.05) is 24.0 Å². The van der Waals surface area contributed by atoms with E-state index in [-0.39, 0.29) is 11.8 Å². The van der Waals surface area contributed by atoms with Crippen molar-refractivity contribution in [1.82, 2.24) is 4.98 Å². The van der Waals surface area contributed by atoms with Gasteiger partial charge >= 0.3 is 0 Å². The Kier molecular flexibility index (Phi) is 3.75. The van der Waals surface area contributed by atoms with E-state index in [4.69, 9.17) is 5.73 Å². The van der Waals surface area contributed by atoms with Gasteiger partial charge in [-0.25, -0.2) is 4.98 Å². The van der Waals surface area contributed by atoms with Crippen molar-refractivity contribution >= 4 is 22.5 Å². The number of amides is 1. The number of pyridine rings is 1. The average molecular weight is 317 g/mol.